The predicted molar refractivity (Wildman–Crippen MR) is 96.1 cm³/mol. The molecule has 1 saturated heterocycles. The molecule has 22 heavy (non-hydrogen) atoms. The molecule has 2 heterocycles. The lowest BCUT2D eigenvalue weighted by atomic mass is 10.0. The smallest absolute Gasteiger partial charge is 0.0702 e. The van der Waals surface area contributed by atoms with Gasteiger partial charge in [-0.2, -0.15) is 11.8 Å². The van der Waals surface area contributed by atoms with E-state index >= 15 is 0 Å². The Labute approximate surface area is 138 Å². The molecule has 1 fully saturated rings. The van der Waals surface area contributed by atoms with Crippen LogP contribution in [0.2, 0.25) is 0 Å². The summed E-state index contributed by atoms with van der Waals surface area (Å²) in [5.41, 5.74) is 4.96. The van der Waals surface area contributed by atoms with Gasteiger partial charge in [0.05, 0.1) is 5.69 Å². The molecule has 1 aliphatic heterocycles. The minimum Gasteiger partial charge on any atom is -0.297 e. The fraction of sp³-hybridized carbons (Fsp3) is 0.421. The Morgan fingerprint density at radius 3 is 2.41 bits per heavy atom. The van der Waals surface area contributed by atoms with Crippen LogP contribution < -0.4 is 0 Å². The minimum absolute atomic E-state index is 0.522. The second kappa shape index (κ2) is 7.30. The summed E-state index contributed by atoms with van der Waals surface area (Å²) in [5, 5.41) is 0. The monoisotopic (exact) mass is 312 g/mol. The van der Waals surface area contributed by atoms with Crippen molar-refractivity contribution in [2.45, 2.75) is 31.6 Å². The van der Waals surface area contributed by atoms with Gasteiger partial charge in [-0.05, 0) is 56.3 Å². The van der Waals surface area contributed by atoms with E-state index in [-0.39, 0.29) is 0 Å². The molecule has 0 unspecified atom stereocenters. The summed E-state index contributed by atoms with van der Waals surface area (Å²) in [5.74, 6) is 1.03. The summed E-state index contributed by atoms with van der Waals surface area (Å²) >= 11 is 1.83. The van der Waals surface area contributed by atoms with Crippen molar-refractivity contribution in [3.63, 3.8) is 0 Å². The molecule has 2 aromatic rings. The Hall–Kier alpha value is -1.32. The van der Waals surface area contributed by atoms with Gasteiger partial charge in [-0.25, -0.2) is 0 Å². The first-order valence-corrected chi connectivity index (χ1v) is 9.45. The van der Waals surface area contributed by atoms with E-state index in [1.165, 1.54) is 42.6 Å². The molecule has 116 valence electrons. The maximum atomic E-state index is 4.60. The van der Waals surface area contributed by atoms with Gasteiger partial charge < -0.3 is 0 Å². The van der Waals surface area contributed by atoms with Crippen LogP contribution in [0.1, 0.15) is 36.9 Å². The van der Waals surface area contributed by atoms with Crippen molar-refractivity contribution < 1.29 is 0 Å². The molecule has 0 amide bonds. The molecule has 0 bridgehead atoms. The summed E-state index contributed by atoms with van der Waals surface area (Å²) in [6, 6.07) is 13.8. The number of benzene rings is 1. The third kappa shape index (κ3) is 3.53. The van der Waals surface area contributed by atoms with Crippen LogP contribution in [0.3, 0.4) is 0 Å². The first-order chi connectivity index (χ1) is 10.8. The van der Waals surface area contributed by atoms with Crippen LogP contribution in [-0.2, 0) is 5.75 Å². The van der Waals surface area contributed by atoms with Gasteiger partial charge >= 0.3 is 0 Å². The lowest BCUT2D eigenvalue weighted by Gasteiger charge is -2.24. The lowest BCUT2D eigenvalue weighted by Crippen LogP contribution is -2.23. The summed E-state index contributed by atoms with van der Waals surface area (Å²) in [4.78, 5) is 7.17. The van der Waals surface area contributed by atoms with Crippen molar-refractivity contribution >= 4 is 11.8 Å². The highest BCUT2D eigenvalue weighted by Crippen LogP contribution is 2.26. The molecular weight excluding hydrogens is 288 g/mol. The van der Waals surface area contributed by atoms with Crippen molar-refractivity contribution in [2.24, 2.45) is 0 Å². The Bertz CT molecular complexity index is 586. The summed E-state index contributed by atoms with van der Waals surface area (Å²) in [7, 11) is 0. The quantitative estimate of drug-likeness (QED) is 0.791. The SMILES string of the molecule is CSCc1ccc(-c2ccc([C@@H](C)N3CCCC3)cc2)nc1. The van der Waals surface area contributed by atoms with Crippen LogP contribution >= 0.6 is 11.8 Å². The Morgan fingerprint density at radius 2 is 1.82 bits per heavy atom. The highest BCUT2D eigenvalue weighted by atomic mass is 32.2. The van der Waals surface area contributed by atoms with E-state index in [2.05, 4.69) is 59.5 Å². The van der Waals surface area contributed by atoms with Gasteiger partial charge in [-0.1, -0.05) is 30.3 Å². The second-order valence-electron chi connectivity index (χ2n) is 6.03. The summed E-state index contributed by atoms with van der Waals surface area (Å²) < 4.78 is 0. The molecule has 0 saturated carbocycles. The summed E-state index contributed by atoms with van der Waals surface area (Å²) in [6.45, 7) is 4.79. The van der Waals surface area contributed by atoms with Gasteiger partial charge in [0.15, 0.2) is 0 Å². The zero-order valence-corrected chi connectivity index (χ0v) is 14.3. The number of hydrogen-bond acceptors (Lipinski definition) is 3. The third-order valence-electron chi connectivity index (χ3n) is 4.51. The van der Waals surface area contributed by atoms with Crippen LogP contribution in [0.5, 0.6) is 0 Å². The maximum Gasteiger partial charge on any atom is 0.0702 e. The van der Waals surface area contributed by atoms with Gasteiger partial charge in [0.2, 0.25) is 0 Å². The molecule has 0 radical (unpaired) electrons. The standard InChI is InChI=1S/C19H24N2S/c1-15(21-11-3-4-12-21)17-6-8-18(9-7-17)19-10-5-16(13-20-19)14-22-2/h5-10,13,15H,3-4,11-12,14H2,1-2H3/t15-/m1/s1. The van der Waals surface area contributed by atoms with Crippen molar-refractivity contribution in [1.29, 1.82) is 0 Å². The third-order valence-corrected chi connectivity index (χ3v) is 5.13. The fourth-order valence-corrected chi connectivity index (χ4v) is 3.62. The molecule has 3 heteroatoms. The van der Waals surface area contributed by atoms with Gasteiger partial charge in [-0.15, -0.1) is 0 Å². The highest BCUT2D eigenvalue weighted by molar-refractivity contribution is 7.97. The number of pyridine rings is 1. The van der Waals surface area contributed by atoms with Gasteiger partial charge in [0.1, 0.15) is 0 Å². The predicted octanol–water partition coefficient (Wildman–Crippen LogP) is 4.77. The van der Waals surface area contributed by atoms with Crippen molar-refractivity contribution in [3.8, 4) is 11.3 Å². The lowest BCUT2D eigenvalue weighted by molar-refractivity contribution is 0.263. The maximum absolute atomic E-state index is 4.60. The largest absolute Gasteiger partial charge is 0.297 e. The Kier molecular flexibility index (Phi) is 5.16. The van der Waals surface area contributed by atoms with Crippen molar-refractivity contribution in [1.82, 2.24) is 9.88 Å². The number of aromatic nitrogens is 1. The molecule has 0 aliphatic carbocycles. The number of thioether (sulfide) groups is 1. The molecular formula is C19H24N2S. The molecule has 0 N–H and O–H groups in total. The van der Waals surface area contributed by atoms with Crippen LogP contribution in [0.15, 0.2) is 42.6 Å². The molecule has 3 rings (SSSR count). The number of rotatable bonds is 5. The van der Waals surface area contributed by atoms with Crippen molar-refractivity contribution in [2.75, 3.05) is 19.3 Å². The number of hydrogen-bond donors (Lipinski definition) is 0. The fourth-order valence-electron chi connectivity index (χ4n) is 3.12. The molecule has 1 aromatic carbocycles. The normalized spacial score (nSPS) is 16.8. The van der Waals surface area contributed by atoms with E-state index in [9.17, 15) is 0 Å². The molecule has 1 atom stereocenters. The van der Waals surface area contributed by atoms with E-state index in [4.69, 9.17) is 0 Å². The topological polar surface area (TPSA) is 16.1 Å². The number of nitrogens with zero attached hydrogens (tertiary/aromatic N) is 2. The van der Waals surface area contributed by atoms with Crippen LogP contribution in [0, 0.1) is 0 Å². The highest BCUT2D eigenvalue weighted by Gasteiger charge is 2.19. The van der Waals surface area contributed by atoms with E-state index < -0.39 is 0 Å². The zero-order chi connectivity index (χ0) is 15.4. The average molecular weight is 312 g/mol. The van der Waals surface area contributed by atoms with E-state index in [0.717, 1.165) is 11.4 Å². The van der Waals surface area contributed by atoms with Crippen molar-refractivity contribution in [3.05, 3.63) is 53.7 Å². The Balaban J connectivity index is 1.73. The molecule has 1 aliphatic rings. The van der Waals surface area contributed by atoms with E-state index in [0.29, 0.717) is 6.04 Å². The second-order valence-corrected chi connectivity index (χ2v) is 6.89. The minimum atomic E-state index is 0.522. The van der Waals surface area contributed by atoms with Crippen LogP contribution in [0.4, 0.5) is 0 Å². The van der Waals surface area contributed by atoms with Crippen LogP contribution in [-0.4, -0.2) is 29.2 Å². The van der Waals surface area contributed by atoms with E-state index in [1.54, 1.807) is 0 Å². The van der Waals surface area contributed by atoms with Crippen LogP contribution in [0.25, 0.3) is 11.3 Å². The first kappa shape index (κ1) is 15.6. The first-order valence-electron chi connectivity index (χ1n) is 8.06. The van der Waals surface area contributed by atoms with Gasteiger partial charge in [0.25, 0.3) is 0 Å². The zero-order valence-electron chi connectivity index (χ0n) is 13.5. The van der Waals surface area contributed by atoms with Gasteiger partial charge in [-0.3, -0.25) is 9.88 Å². The summed E-state index contributed by atoms with van der Waals surface area (Å²) in [6.07, 6.45) is 6.80. The molecule has 1 aromatic heterocycles. The number of likely N-dealkylation sites (tertiary alicyclic amines) is 1. The molecule has 2 nitrogen and oxygen atoms in total. The molecule has 0 spiro atoms. The van der Waals surface area contributed by atoms with Gasteiger partial charge in [0, 0.05) is 23.6 Å². The Morgan fingerprint density at radius 1 is 1.09 bits per heavy atom. The van der Waals surface area contributed by atoms with E-state index in [1.807, 2.05) is 18.0 Å². The average Bonchev–Trinajstić information content (AvgIpc) is 3.10.